The molecule has 1 heterocycles. The van der Waals surface area contributed by atoms with Crippen LogP contribution in [0.4, 0.5) is 0 Å². The van der Waals surface area contributed by atoms with Crippen LogP contribution in [0.15, 0.2) is 18.2 Å². The summed E-state index contributed by atoms with van der Waals surface area (Å²) in [5.41, 5.74) is 2.70. The smallest absolute Gasteiger partial charge is 0.127 e. The molecule has 3 heteroatoms. The second-order valence-corrected chi connectivity index (χ2v) is 5.63. The van der Waals surface area contributed by atoms with Crippen molar-refractivity contribution in [2.45, 2.75) is 52.0 Å². The zero-order chi connectivity index (χ0) is 14.9. The Bertz CT molecular complexity index is 420. The molecule has 118 valence electrons. The minimum Gasteiger partial charge on any atom is -0.493 e. The van der Waals surface area contributed by atoms with Crippen molar-refractivity contribution in [3.63, 3.8) is 0 Å². The van der Waals surface area contributed by atoms with Gasteiger partial charge in [-0.05, 0) is 51.1 Å². The van der Waals surface area contributed by atoms with E-state index in [0.717, 1.165) is 64.2 Å². The third kappa shape index (κ3) is 4.72. The van der Waals surface area contributed by atoms with Crippen molar-refractivity contribution in [1.29, 1.82) is 0 Å². The Morgan fingerprint density at radius 1 is 1.33 bits per heavy atom. The summed E-state index contributed by atoms with van der Waals surface area (Å²) in [6.45, 7) is 7.80. The maximum atomic E-state index is 5.97. The van der Waals surface area contributed by atoms with Gasteiger partial charge in [0.05, 0.1) is 6.61 Å². The first-order valence-corrected chi connectivity index (χ1v) is 8.42. The lowest BCUT2D eigenvalue weighted by atomic mass is 9.95. The molecule has 0 aromatic heterocycles. The highest BCUT2D eigenvalue weighted by Gasteiger charge is 2.20. The predicted molar refractivity (Wildman–Crippen MR) is 87.0 cm³/mol. The topological polar surface area (TPSA) is 30.5 Å². The van der Waals surface area contributed by atoms with Gasteiger partial charge in [0.1, 0.15) is 5.75 Å². The van der Waals surface area contributed by atoms with Gasteiger partial charge in [0.25, 0.3) is 0 Å². The van der Waals surface area contributed by atoms with E-state index in [2.05, 4.69) is 30.4 Å². The molecule has 0 amide bonds. The lowest BCUT2D eigenvalue weighted by Crippen LogP contribution is -2.24. The number of fused-ring (bicyclic) bond motifs is 1. The van der Waals surface area contributed by atoms with Gasteiger partial charge in [-0.15, -0.1) is 0 Å². The first-order valence-electron chi connectivity index (χ1n) is 8.42. The monoisotopic (exact) mass is 291 g/mol. The molecule has 2 rings (SSSR count). The molecule has 0 aliphatic carbocycles. The molecular formula is C18H29NO2. The van der Waals surface area contributed by atoms with E-state index < -0.39 is 0 Å². The normalized spacial score (nSPS) is 15.3. The maximum absolute atomic E-state index is 5.97. The number of para-hydroxylation sites is 1. The summed E-state index contributed by atoms with van der Waals surface area (Å²) in [5.74, 6) is 1.13. The molecule has 0 saturated heterocycles. The van der Waals surface area contributed by atoms with E-state index in [1.54, 1.807) is 0 Å². The van der Waals surface area contributed by atoms with Crippen molar-refractivity contribution in [1.82, 2.24) is 5.32 Å². The largest absolute Gasteiger partial charge is 0.493 e. The van der Waals surface area contributed by atoms with Gasteiger partial charge < -0.3 is 14.8 Å². The molecule has 0 spiro atoms. The molecule has 1 aliphatic heterocycles. The van der Waals surface area contributed by atoms with Crippen molar-refractivity contribution in [2.75, 3.05) is 26.4 Å². The lowest BCUT2D eigenvalue weighted by molar-refractivity contribution is 0.140. The average molecular weight is 291 g/mol. The molecule has 3 nitrogen and oxygen atoms in total. The zero-order valence-electron chi connectivity index (χ0n) is 13.5. The Morgan fingerprint density at radius 2 is 2.24 bits per heavy atom. The van der Waals surface area contributed by atoms with Crippen LogP contribution in [-0.2, 0) is 11.2 Å². The van der Waals surface area contributed by atoms with Crippen LogP contribution in [-0.4, -0.2) is 26.4 Å². The van der Waals surface area contributed by atoms with E-state index in [1.165, 1.54) is 11.1 Å². The molecule has 21 heavy (non-hydrogen) atoms. The van der Waals surface area contributed by atoms with Crippen molar-refractivity contribution in [3.8, 4) is 5.75 Å². The van der Waals surface area contributed by atoms with Crippen molar-refractivity contribution < 1.29 is 9.47 Å². The van der Waals surface area contributed by atoms with E-state index in [9.17, 15) is 0 Å². The van der Waals surface area contributed by atoms with Crippen LogP contribution in [0.25, 0.3) is 0 Å². The third-order valence-corrected chi connectivity index (χ3v) is 3.97. The first kappa shape index (κ1) is 16.3. The van der Waals surface area contributed by atoms with Crippen LogP contribution in [0, 0.1) is 0 Å². The van der Waals surface area contributed by atoms with Crippen LogP contribution in [0.2, 0.25) is 0 Å². The number of hydrogen-bond donors (Lipinski definition) is 1. The van der Waals surface area contributed by atoms with Gasteiger partial charge in [0.2, 0.25) is 0 Å². The SMILES string of the molecule is CCCNC(CCCOCC)c1cccc2c1OCCC2. The molecule has 1 aromatic carbocycles. The van der Waals surface area contributed by atoms with Crippen LogP contribution in [0.1, 0.15) is 56.7 Å². The van der Waals surface area contributed by atoms with Crippen molar-refractivity contribution in [2.24, 2.45) is 0 Å². The molecule has 1 N–H and O–H groups in total. The fraction of sp³-hybridized carbons (Fsp3) is 0.667. The van der Waals surface area contributed by atoms with Gasteiger partial charge >= 0.3 is 0 Å². The molecule has 0 bridgehead atoms. The molecule has 0 fully saturated rings. The van der Waals surface area contributed by atoms with Crippen molar-refractivity contribution >= 4 is 0 Å². The Morgan fingerprint density at radius 3 is 3.05 bits per heavy atom. The lowest BCUT2D eigenvalue weighted by Gasteiger charge is -2.26. The highest BCUT2D eigenvalue weighted by Crippen LogP contribution is 2.34. The highest BCUT2D eigenvalue weighted by molar-refractivity contribution is 5.44. The van der Waals surface area contributed by atoms with E-state index in [1.807, 2.05) is 6.92 Å². The standard InChI is InChI=1S/C18H29NO2/c1-3-12-19-17(11-7-13-20-4-2)16-10-5-8-15-9-6-14-21-18(15)16/h5,8,10,17,19H,3-4,6-7,9,11-14H2,1-2H3. The summed E-state index contributed by atoms with van der Waals surface area (Å²) in [4.78, 5) is 0. The summed E-state index contributed by atoms with van der Waals surface area (Å²) in [6.07, 6.45) is 5.60. The summed E-state index contributed by atoms with van der Waals surface area (Å²) < 4.78 is 11.4. The molecule has 1 aliphatic rings. The fourth-order valence-electron chi connectivity index (χ4n) is 2.91. The van der Waals surface area contributed by atoms with E-state index in [-0.39, 0.29) is 0 Å². The van der Waals surface area contributed by atoms with Gasteiger partial charge in [-0.25, -0.2) is 0 Å². The summed E-state index contributed by atoms with van der Waals surface area (Å²) in [6, 6.07) is 6.97. The Labute approximate surface area is 129 Å². The van der Waals surface area contributed by atoms with E-state index in [0.29, 0.717) is 6.04 Å². The average Bonchev–Trinajstić information content (AvgIpc) is 2.54. The molecule has 0 radical (unpaired) electrons. The summed E-state index contributed by atoms with van der Waals surface area (Å²) in [5, 5.41) is 3.68. The summed E-state index contributed by atoms with van der Waals surface area (Å²) >= 11 is 0. The van der Waals surface area contributed by atoms with Gasteiger partial charge in [-0.1, -0.05) is 25.1 Å². The van der Waals surface area contributed by atoms with Crippen LogP contribution < -0.4 is 10.1 Å². The van der Waals surface area contributed by atoms with Gasteiger partial charge in [-0.2, -0.15) is 0 Å². The molecular weight excluding hydrogens is 262 g/mol. The van der Waals surface area contributed by atoms with E-state index >= 15 is 0 Å². The van der Waals surface area contributed by atoms with Crippen molar-refractivity contribution in [3.05, 3.63) is 29.3 Å². The van der Waals surface area contributed by atoms with Gasteiger partial charge in [-0.3, -0.25) is 0 Å². The molecule has 1 atom stereocenters. The quantitative estimate of drug-likeness (QED) is 0.701. The number of nitrogens with one attached hydrogen (secondary N) is 1. The number of hydrogen-bond acceptors (Lipinski definition) is 3. The fourth-order valence-corrected chi connectivity index (χ4v) is 2.91. The van der Waals surface area contributed by atoms with Gasteiger partial charge in [0, 0.05) is 24.8 Å². The highest BCUT2D eigenvalue weighted by atomic mass is 16.5. The van der Waals surface area contributed by atoms with Crippen LogP contribution in [0.5, 0.6) is 5.75 Å². The molecule has 1 aromatic rings. The Balaban J connectivity index is 2.07. The zero-order valence-corrected chi connectivity index (χ0v) is 13.5. The third-order valence-electron chi connectivity index (χ3n) is 3.97. The minimum atomic E-state index is 0.374. The second-order valence-electron chi connectivity index (χ2n) is 5.63. The molecule has 0 saturated carbocycles. The Hall–Kier alpha value is -1.06. The number of aryl methyl sites for hydroxylation is 1. The van der Waals surface area contributed by atoms with Crippen LogP contribution in [0.3, 0.4) is 0 Å². The van der Waals surface area contributed by atoms with E-state index in [4.69, 9.17) is 9.47 Å². The maximum Gasteiger partial charge on any atom is 0.127 e. The second kappa shape index (κ2) is 9.06. The number of rotatable bonds is 9. The summed E-state index contributed by atoms with van der Waals surface area (Å²) in [7, 11) is 0. The minimum absolute atomic E-state index is 0.374. The Kier molecular flexibility index (Phi) is 7.04. The first-order chi connectivity index (χ1) is 10.4. The number of ether oxygens (including phenoxy) is 2. The van der Waals surface area contributed by atoms with Gasteiger partial charge in [0.15, 0.2) is 0 Å². The number of benzene rings is 1. The predicted octanol–water partition coefficient (Wildman–Crippen LogP) is 3.87. The molecule has 1 unspecified atom stereocenters. The van der Waals surface area contributed by atoms with Crippen LogP contribution >= 0.6 is 0 Å².